The van der Waals surface area contributed by atoms with Gasteiger partial charge in [0, 0.05) is 19.2 Å². The molecule has 0 spiro atoms. The SMILES string of the molecule is C[C@@H](CN(C(=O)[C@@H]1CCOC1)C1CC1)C(=O)O. The maximum Gasteiger partial charge on any atom is 0.308 e. The molecule has 1 saturated carbocycles. The summed E-state index contributed by atoms with van der Waals surface area (Å²) in [7, 11) is 0. The van der Waals surface area contributed by atoms with Crippen LogP contribution in [0.3, 0.4) is 0 Å². The molecule has 2 rings (SSSR count). The van der Waals surface area contributed by atoms with Gasteiger partial charge in [0.2, 0.25) is 5.91 Å². The van der Waals surface area contributed by atoms with Crippen LogP contribution in [0.2, 0.25) is 0 Å². The standard InChI is InChI=1S/C12H19NO4/c1-8(12(15)16)6-13(10-2-3-10)11(14)9-4-5-17-7-9/h8-10H,2-7H2,1H3,(H,15,16)/t8-,9+/m0/s1. The molecule has 1 N–H and O–H groups in total. The minimum absolute atomic E-state index is 0.0587. The van der Waals surface area contributed by atoms with Crippen molar-refractivity contribution in [1.29, 1.82) is 0 Å². The Morgan fingerprint density at radius 1 is 1.41 bits per heavy atom. The van der Waals surface area contributed by atoms with Gasteiger partial charge in [-0.3, -0.25) is 9.59 Å². The molecule has 1 aliphatic heterocycles. The number of hydrogen-bond acceptors (Lipinski definition) is 3. The van der Waals surface area contributed by atoms with E-state index >= 15 is 0 Å². The third-order valence-electron chi connectivity index (χ3n) is 3.44. The van der Waals surface area contributed by atoms with Gasteiger partial charge in [0.05, 0.1) is 18.4 Å². The second kappa shape index (κ2) is 5.04. The zero-order chi connectivity index (χ0) is 12.4. The Morgan fingerprint density at radius 3 is 2.59 bits per heavy atom. The number of hydrogen-bond donors (Lipinski definition) is 1. The predicted molar refractivity (Wildman–Crippen MR) is 60.5 cm³/mol. The van der Waals surface area contributed by atoms with Crippen LogP contribution in [0, 0.1) is 11.8 Å². The molecule has 96 valence electrons. The maximum atomic E-state index is 12.2. The lowest BCUT2D eigenvalue weighted by Gasteiger charge is -2.26. The average molecular weight is 241 g/mol. The highest BCUT2D eigenvalue weighted by Crippen LogP contribution is 2.30. The number of amides is 1. The van der Waals surface area contributed by atoms with Crippen LogP contribution in [0.25, 0.3) is 0 Å². The number of carboxylic acid groups (broad SMARTS) is 1. The molecule has 1 heterocycles. The van der Waals surface area contributed by atoms with E-state index in [1.54, 1.807) is 11.8 Å². The number of carbonyl (C=O) groups excluding carboxylic acids is 1. The van der Waals surface area contributed by atoms with Gasteiger partial charge in [-0.2, -0.15) is 0 Å². The Balaban J connectivity index is 1.96. The molecule has 2 atom stereocenters. The molecule has 0 radical (unpaired) electrons. The van der Waals surface area contributed by atoms with Crippen molar-refractivity contribution < 1.29 is 19.4 Å². The van der Waals surface area contributed by atoms with Gasteiger partial charge in [0.1, 0.15) is 0 Å². The summed E-state index contributed by atoms with van der Waals surface area (Å²) in [5, 5.41) is 8.92. The first-order valence-corrected chi connectivity index (χ1v) is 6.20. The van der Waals surface area contributed by atoms with Gasteiger partial charge in [-0.1, -0.05) is 6.92 Å². The first-order chi connectivity index (χ1) is 8.09. The summed E-state index contributed by atoms with van der Waals surface area (Å²) in [5.74, 6) is -1.32. The third kappa shape index (κ3) is 2.97. The van der Waals surface area contributed by atoms with Crippen LogP contribution in [0.15, 0.2) is 0 Å². The summed E-state index contributed by atoms with van der Waals surface area (Å²) < 4.78 is 5.22. The highest BCUT2D eigenvalue weighted by Gasteiger charge is 2.38. The van der Waals surface area contributed by atoms with Crippen LogP contribution in [0.1, 0.15) is 26.2 Å². The van der Waals surface area contributed by atoms with E-state index in [2.05, 4.69) is 0 Å². The van der Waals surface area contributed by atoms with E-state index in [4.69, 9.17) is 9.84 Å². The van der Waals surface area contributed by atoms with E-state index in [0.717, 1.165) is 19.3 Å². The minimum atomic E-state index is -0.842. The van der Waals surface area contributed by atoms with Gasteiger partial charge < -0.3 is 14.7 Å². The van der Waals surface area contributed by atoms with Gasteiger partial charge in [0.15, 0.2) is 0 Å². The Kier molecular flexibility index (Phi) is 3.66. The number of rotatable bonds is 5. The van der Waals surface area contributed by atoms with Gasteiger partial charge in [-0.15, -0.1) is 0 Å². The summed E-state index contributed by atoms with van der Waals surface area (Å²) in [6.07, 6.45) is 2.78. The molecular formula is C12H19NO4. The molecule has 0 aromatic heterocycles. The first kappa shape index (κ1) is 12.4. The Hall–Kier alpha value is -1.10. The van der Waals surface area contributed by atoms with Crippen molar-refractivity contribution in [2.24, 2.45) is 11.8 Å². The molecule has 0 aromatic carbocycles. The van der Waals surface area contributed by atoms with Crippen LogP contribution < -0.4 is 0 Å². The normalized spacial score (nSPS) is 25.6. The van der Waals surface area contributed by atoms with Gasteiger partial charge in [-0.25, -0.2) is 0 Å². The van der Waals surface area contributed by atoms with Crippen LogP contribution in [0.5, 0.6) is 0 Å². The first-order valence-electron chi connectivity index (χ1n) is 6.20. The molecule has 0 aromatic rings. The summed E-state index contributed by atoms with van der Waals surface area (Å²) in [6.45, 7) is 3.11. The average Bonchev–Trinajstić information content (AvgIpc) is 2.98. The van der Waals surface area contributed by atoms with Crippen LogP contribution in [0.4, 0.5) is 0 Å². The van der Waals surface area contributed by atoms with Crippen LogP contribution in [-0.2, 0) is 14.3 Å². The third-order valence-corrected chi connectivity index (χ3v) is 3.44. The Labute approximate surface area is 101 Å². The van der Waals surface area contributed by atoms with Gasteiger partial charge >= 0.3 is 5.97 Å². The van der Waals surface area contributed by atoms with E-state index in [1.807, 2.05) is 0 Å². The van der Waals surface area contributed by atoms with E-state index in [9.17, 15) is 9.59 Å². The summed E-state index contributed by atoms with van der Waals surface area (Å²) in [4.78, 5) is 24.9. The molecule has 17 heavy (non-hydrogen) atoms. The fraction of sp³-hybridized carbons (Fsp3) is 0.833. The van der Waals surface area contributed by atoms with Crippen molar-refractivity contribution in [3.8, 4) is 0 Å². The summed E-state index contributed by atoms with van der Waals surface area (Å²) >= 11 is 0. The quantitative estimate of drug-likeness (QED) is 0.770. The molecule has 0 bridgehead atoms. The molecule has 1 saturated heterocycles. The number of carboxylic acids is 1. The summed E-state index contributed by atoms with van der Waals surface area (Å²) in [6, 6.07) is 0.268. The van der Waals surface area contributed by atoms with Crippen molar-refractivity contribution in [3.63, 3.8) is 0 Å². The van der Waals surface area contributed by atoms with E-state index in [-0.39, 0.29) is 17.9 Å². The predicted octanol–water partition coefficient (Wildman–Crippen LogP) is 0.735. The fourth-order valence-corrected chi connectivity index (χ4v) is 2.14. The van der Waals surface area contributed by atoms with Gasteiger partial charge in [-0.05, 0) is 19.3 Å². The second-order valence-electron chi connectivity index (χ2n) is 5.02. The molecule has 5 heteroatoms. The molecule has 2 aliphatic rings. The number of nitrogens with zero attached hydrogens (tertiary/aromatic N) is 1. The molecule has 0 unspecified atom stereocenters. The molecular weight excluding hydrogens is 222 g/mol. The second-order valence-corrected chi connectivity index (χ2v) is 5.02. The Morgan fingerprint density at radius 2 is 2.12 bits per heavy atom. The molecule has 2 fully saturated rings. The van der Waals surface area contributed by atoms with E-state index in [0.29, 0.717) is 19.8 Å². The topological polar surface area (TPSA) is 66.8 Å². The van der Waals surface area contributed by atoms with Crippen LogP contribution in [-0.4, -0.2) is 47.7 Å². The molecule has 1 aliphatic carbocycles. The maximum absolute atomic E-state index is 12.2. The molecule has 5 nitrogen and oxygen atoms in total. The lowest BCUT2D eigenvalue weighted by Crippen LogP contribution is -2.42. The largest absolute Gasteiger partial charge is 0.481 e. The van der Waals surface area contributed by atoms with Crippen LogP contribution >= 0.6 is 0 Å². The lowest BCUT2D eigenvalue weighted by atomic mass is 10.1. The smallest absolute Gasteiger partial charge is 0.308 e. The minimum Gasteiger partial charge on any atom is -0.481 e. The van der Waals surface area contributed by atoms with Crippen molar-refractivity contribution >= 4 is 11.9 Å². The lowest BCUT2D eigenvalue weighted by molar-refractivity contribution is -0.144. The van der Waals surface area contributed by atoms with Crippen molar-refractivity contribution in [2.45, 2.75) is 32.2 Å². The highest BCUT2D eigenvalue weighted by atomic mass is 16.5. The van der Waals surface area contributed by atoms with Crippen molar-refractivity contribution in [3.05, 3.63) is 0 Å². The van der Waals surface area contributed by atoms with Gasteiger partial charge in [0.25, 0.3) is 0 Å². The summed E-state index contributed by atoms with van der Waals surface area (Å²) in [5.41, 5.74) is 0. The Bertz CT molecular complexity index is 308. The fourth-order valence-electron chi connectivity index (χ4n) is 2.14. The highest BCUT2D eigenvalue weighted by molar-refractivity contribution is 5.80. The van der Waals surface area contributed by atoms with E-state index in [1.165, 1.54) is 0 Å². The van der Waals surface area contributed by atoms with Crippen molar-refractivity contribution in [1.82, 2.24) is 4.90 Å². The zero-order valence-electron chi connectivity index (χ0n) is 10.1. The number of aliphatic carboxylic acids is 1. The zero-order valence-corrected chi connectivity index (χ0v) is 10.1. The number of ether oxygens (including phenoxy) is 1. The number of carbonyl (C=O) groups is 2. The monoisotopic (exact) mass is 241 g/mol. The van der Waals surface area contributed by atoms with E-state index < -0.39 is 11.9 Å². The molecule has 1 amide bonds. The van der Waals surface area contributed by atoms with Crippen molar-refractivity contribution in [2.75, 3.05) is 19.8 Å².